The second-order valence-corrected chi connectivity index (χ2v) is 6.01. The molecule has 5 nitrogen and oxygen atoms in total. The van der Waals surface area contributed by atoms with Crippen molar-refractivity contribution < 1.29 is 14.3 Å². The van der Waals surface area contributed by atoms with Crippen LogP contribution in [0.3, 0.4) is 0 Å². The van der Waals surface area contributed by atoms with Crippen LogP contribution in [0.25, 0.3) is 0 Å². The van der Waals surface area contributed by atoms with Crippen LogP contribution >= 0.6 is 0 Å². The van der Waals surface area contributed by atoms with E-state index in [-0.39, 0.29) is 17.9 Å². The summed E-state index contributed by atoms with van der Waals surface area (Å²) in [7, 11) is 1.70. The molecule has 0 bridgehead atoms. The van der Waals surface area contributed by atoms with Crippen molar-refractivity contribution in [3.8, 4) is 0 Å². The van der Waals surface area contributed by atoms with E-state index in [4.69, 9.17) is 4.74 Å². The van der Waals surface area contributed by atoms with Crippen molar-refractivity contribution in [1.82, 2.24) is 10.2 Å². The van der Waals surface area contributed by atoms with Crippen molar-refractivity contribution in [3.05, 3.63) is 0 Å². The molecular formula is C15H26N2O3. The van der Waals surface area contributed by atoms with Gasteiger partial charge in [0, 0.05) is 20.3 Å². The Morgan fingerprint density at radius 1 is 1.25 bits per heavy atom. The number of carbonyl (C=O) groups is 2. The Balaban J connectivity index is 1.94. The molecule has 0 aromatic heterocycles. The van der Waals surface area contributed by atoms with Crippen molar-refractivity contribution in [2.45, 2.75) is 63.5 Å². The van der Waals surface area contributed by atoms with Gasteiger partial charge in [-0.15, -0.1) is 0 Å². The highest BCUT2D eigenvalue weighted by molar-refractivity contribution is 5.99. The van der Waals surface area contributed by atoms with Crippen LogP contribution in [0.5, 0.6) is 0 Å². The van der Waals surface area contributed by atoms with Crippen molar-refractivity contribution in [2.75, 3.05) is 20.3 Å². The number of carbonyl (C=O) groups excluding carboxylic acids is 2. The number of nitrogens with one attached hydrogen (secondary N) is 1. The van der Waals surface area contributed by atoms with Gasteiger partial charge in [0.1, 0.15) is 11.6 Å². The SMILES string of the molecule is COCCCCCN1C(=O)C2(CCCC2)NC(=O)C1C. The number of ether oxygens (including phenoxy) is 1. The van der Waals surface area contributed by atoms with E-state index in [1.54, 1.807) is 12.0 Å². The molecule has 1 aliphatic carbocycles. The topological polar surface area (TPSA) is 58.6 Å². The molecule has 0 aromatic rings. The molecule has 5 heteroatoms. The van der Waals surface area contributed by atoms with E-state index in [0.717, 1.165) is 51.6 Å². The number of methoxy groups -OCH3 is 1. The first kappa shape index (κ1) is 15.3. The summed E-state index contributed by atoms with van der Waals surface area (Å²) in [5, 5.41) is 2.98. The zero-order valence-corrected chi connectivity index (χ0v) is 12.6. The molecule has 0 radical (unpaired) electrons. The van der Waals surface area contributed by atoms with E-state index in [9.17, 15) is 9.59 Å². The molecule has 2 aliphatic rings. The van der Waals surface area contributed by atoms with Gasteiger partial charge in [-0.05, 0) is 39.0 Å². The second-order valence-electron chi connectivity index (χ2n) is 6.01. The van der Waals surface area contributed by atoms with Gasteiger partial charge in [0.15, 0.2) is 0 Å². The average Bonchev–Trinajstić information content (AvgIpc) is 2.89. The van der Waals surface area contributed by atoms with E-state index >= 15 is 0 Å². The minimum atomic E-state index is -0.587. The van der Waals surface area contributed by atoms with Crippen LogP contribution in [0.4, 0.5) is 0 Å². The number of hydrogen-bond acceptors (Lipinski definition) is 3. The molecule has 1 heterocycles. The van der Waals surface area contributed by atoms with Crippen LogP contribution in [0.1, 0.15) is 51.9 Å². The van der Waals surface area contributed by atoms with E-state index in [0.29, 0.717) is 6.54 Å². The Morgan fingerprint density at radius 2 is 1.95 bits per heavy atom. The summed E-state index contributed by atoms with van der Waals surface area (Å²) in [5.74, 6) is 0.136. The van der Waals surface area contributed by atoms with Crippen LogP contribution < -0.4 is 5.32 Å². The zero-order chi connectivity index (χ0) is 14.6. The largest absolute Gasteiger partial charge is 0.385 e. The highest BCUT2D eigenvalue weighted by Crippen LogP contribution is 2.34. The van der Waals surface area contributed by atoms with Crippen LogP contribution in [0, 0.1) is 0 Å². The fraction of sp³-hybridized carbons (Fsp3) is 0.867. The molecule has 114 valence electrons. The van der Waals surface area contributed by atoms with E-state index < -0.39 is 5.54 Å². The van der Waals surface area contributed by atoms with Gasteiger partial charge in [-0.3, -0.25) is 9.59 Å². The Kier molecular flexibility index (Phi) is 5.02. The quantitative estimate of drug-likeness (QED) is 0.750. The molecule has 2 amide bonds. The lowest BCUT2D eigenvalue weighted by molar-refractivity contribution is -0.154. The third-order valence-electron chi connectivity index (χ3n) is 4.58. The monoisotopic (exact) mass is 282 g/mol. The molecule has 20 heavy (non-hydrogen) atoms. The second kappa shape index (κ2) is 6.57. The smallest absolute Gasteiger partial charge is 0.248 e. The molecule has 1 saturated carbocycles. The van der Waals surface area contributed by atoms with Gasteiger partial charge in [-0.2, -0.15) is 0 Å². The predicted molar refractivity (Wildman–Crippen MR) is 76.2 cm³/mol. The summed E-state index contributed by atoms with van der Waals surface area (Å²) in [5.41, 5.74) is -0.587. The maximum atomic E-state index is 12.7. The van der Waals surface area contributed by atoms with Gasteiger partial charge >= 0.3 is 0 Å². The zero-order valence-electron chi connectivity index (χ0n) is 12.6. The maximum Gasteiger partial charge on any atom is 0.248 e. The summed E-state index contributed by atoms with van der Waals surface area (Å²) in [6.45, 7) is 3.26. The lowest BCUT2D eigenvalue weighted by Gasteiger charge is -2.43. The normalized spacial score (nSPS) is 25.3. The molecule has 1 aliphatic heterocycles. The number of piperazine rings is 1. The lowest BCUT2D eigenvalue weighted by Crippen LogP contribution is -2.68. The molecule has 1 unspecified atom stereocenters. The molecule has 2 rings (SSSR count). The maximum absolute atomic E-state index is 12.7. The Bertz CT molecular complexity index is 364. The Labute approximate surface area is 121 Å². The minimum absolute atomic E-state index is 0.00314. The molecule has 1 atom stereocenters. The molecule has 1 N–H and O–H groups in total. The van der Waals surface area contributed by atoms with Crippen LogP contribution in [0.15, 0.2) is 0 Å². The first-order chi connectivity index (χ1) is 9.60. The van der Waals surface area contributed by atoms with Gasteiger partial charge in [0.05, 0.1) is 0 Å². The highest BCUT2D eigenvalue weighted by Gasteiger charge is 2.50. The Morgan fingerprint density at radius 3 is 2.60 bits per heavy atom. The molecule has 1 spiro atoms. The number of unbranched alkanes of at least 4 members (excludes halogenated alkanes) is 2. The minimum Gasteiger partial charge on any atom is -0.385 e. The third kappa shape index (κ3) is 2.97. The number of amides is 2. The van der Waals surface area contributed by atoms with Gasteiger partial charge in [0.25, 0.3) is 0 Å². The summed E-state index contributed by atoms with van der Waals surface area (Å²) in [6.07, 6.45) is 6.62. The molecular weight excluding hydrogens is 256 g/mol. The lowest BCUT2D eigenvalue weighted by atomic mass is 9.91. The van der Waals surface area contributed by atoms with E-state index in [2.05, 4.69) is 5.32 Å². The van der Waals surface area contributed by atoms with Gasteiger partial charge in [-0.25, -0.2) is 0 Å². The van der Waals surface area contributed by atoms with Crippen molar-refractivity contribution >= 4 is 11.8 Å². The van der Waals surface area contributed by atoms with Crippen LogP contribution in [-0.2, 0) is 14.3 Å². The molecule has 2 fully saturated rings. The first-order valence-electron chi connectivity index (χ1n) is 7.73. The summed E-state index contributed by atoms with van der Waals surface area (Å²) in [6, 6.07) is -0.337. The van der Waals surface area contributed by atoms with E-state index in [1.165, 1.54) is 0 Å². The predicted octanol–water partition coefficient (Wildman–Crippen LogP) is 1.46. The number of rotatable bonds is 6. The first-order valence-corrected chi connectivity index (χ1v) is 7.73. The highest BCUT2D eigenvalue weighted by atomic mass is 16.5. The fourth-order valence-corrected chi connectivity index (χ4v) is 3.30. The van der Waals surface area contributed by atoms with Crippen molar-refractivity contribution in [2.24, 2.45) is 0 Å². The van der Waals surface area contributed by atoms with Crippen molar-refractivity contribution in [3.63, 3.8) is 0 Å². The van der Waals surface area contributed by atoms with Gasteiger partial charge < -0.3 is 15.0 Å². The van der Waals surface area contributed by atoms with Crippen LogP contribution in [0.2, 0.25) is 0 Å². The summed E-state index contributed by atoms with van der Waals surface area (Å²) >= 11 is 0. The number of nitrogens with zero attached hydrogens (tertiary/aromatic N) is 1. The average molecular weight is 282 g/mol. The van der Waals surface area contributed by atoms with E-state index in [1.807, 2.05) is 6.92 Å². The number of hydrogen-bond donors (Lipinski definition) is 1. The van der Waals surface area contributed by atoms with Gasteiger partial charge in [0.2, 0.25) is 11.8 Å². The third-order valence-corrected chi connectivity index (χ3v) is 4.58. The standard InChI is InChI=1S/C15H26N2O3/c1-12-13(18)16-15(8-4-5-9-15)14(19)17(12)10-6-3-7-11-20-2/h12H,3-11H2,1-2H3,(H,16,18). The fourth-order valence-electron chi connectivity index (χ4n) is 3.30. The Hall–Kier alpha value is -1.10. The molecule has 0 aromatic carbocycles. The summed E-state index contributed by atoms with van der Waals surface area (Å²) in [4.78, 5) is 26.6. The van der Waals surface area contributed by atoms with Crippen LogP contribution in [-0.4, -0.2) is 48.6 Å². The molecule has 1 saturated heterocycles. The van der Waals surface area contributed by atoms with Crippen molar-refractivity contribution in [1.29, 1.82) is 0 Å². The van der Waals surface area contributed by atoms with Gasteiger partial charge in [-0.1, -0.05) is 12.8 Å². The summed E-state index contributed by atoms with van der Waals surface area (Å²) < 4.78 is 5.02.